The van der Waals surface area contributed by atoms with Gasteiger partial charge >= 0.3 is 0 Å². The van der Waals surface area contributed by atoms with Crippen LogP contribution in [0.3, 0.4) is 0 Å². The van der Waals surface area contributed by atoms with Gasteiger partial charge in [0.05, 0.1) is 6.61 Å². The average Bonchev–Trinajstić information content (AvgIpc) is 2.33. The van der Waals surface area contributed by atoms with E-state index in [4.69, 9.17) is 4.74 Å². The molecule has 0 saturated heterocycles. The summed E-state index contributed by atoms with van der Waals surface area (Å²) in [6.07, 6.45) is 1.55. The number of rotatable bonds is 8. The first-order valence-corrected chi connectivity index (χ1v) is 7.66. The predicted octanol–water partition coefficient (Wildman–Crippen LogP) is 1.75. The molecule has 1 aromatic carbocycles. The molecule has 0 aliphatic rings. The van der Waals surface area contributed by atoms with Gasteiger partial charge in [0.25, 0.3) is 0 Å². The van der Waals surface area contributed by atoms with Crippen molar-refractivity contribution in [2.45, 2.75) is 19.8 Å². The van der Waals surface area contributed by atoms with Crippen LogP contribution >= 0.6 is 0 Å². The molecule has 19 heavy (non-hydrogen) atoms. The van der Waals surface area contributed by atoms with E-state index in [0.29, 0.717) is 13.0 Å². The van der Waals surface area contributed by atoms with Crippen molar-refractivity contribution in [2.24, 2.45) is 0 Å². The summed E-state index contributed by atoms with van der Waals surface area (Å²) in [6, 6.07) is 5.83. The Morgan fingerprint density at radius 1 is 1.37 bits per heavy atom. The number of hydrogen-bond donors (Lipinski definition) is 0. The maximum Gasteiger partial charge on any atom is 0.119 e. The highest BCUT2D eigenvalue weighted by atomic mass is 32.2. The Morgan fingerprint density at radius 3 is 2.68 bits per heavy atom. The fourth-order valence-corrected chi connectivity index (χ4v) is 2.19. The van der Waals surface area contributed by atoms with E-state index in [9.17, 15) is 8.76 Å². The molecule has 0 bridgehead atoms. The second-order valence-electron chi connectivity index (χ2n) is 4.85. The number of nitrogens with zero attached hydrogens (tertiary/aromatic N) is 1. The fraction of sp³-hybridized carbons (Fsp3) is 0.571. The third-order valence-corrected chi connectivity index (χ3v) is 3.41. The highest BCUT2D eigenvalue weighted by Crippen LogP contribution is 2.18. The molecule has 0 amide bonds. The molecular weight excluding hydrogens is 262 g/mol. The Labute approximate surface area is 118 Å². The first kappa shape index (κ1) is 16.1. The van der Waals surface area contributed by atoms with E-state index in [1.807, 2.05) is 39.2 Å². The summed E-state index contributed by atoms with van der Waals surface area (Å²) in [5.41, 5.74) is 2.14. The molecule has 1 atom stereocenters. The standard InChI is InChI=1S/C14H23NO3S/c1-12-11-14(18-9-4-8-15(2)3)6-5-13(12)7-10-19(16)17/h5-6,11H,4,7-10H2,1-3H3,(H,16,17)/p-1. The lowest BCUT2D eigenvalue weighted by atomic mass is 10.1. The molecule has 1 rings (SSSR count). The molecule has 5 heteroatoms. The van der Waals surface area contributed by atoms with Crippen molar-refractivity contribution in [1.82, 2.24) is 4.90 Å². The molecule has 1 unspecified atom stereocenters. The van der Waals surface area contributed by atoms with Gasteiger partial charge in [0.15, 0.2) is 0 Å². The van der Waals surface area contributed by atoms with Gasteiger partial charge in [-0.1, -0.05) is 17.1 Å². The Morgan fingerprint density at radius 2 is 2.11 bits per heavy atom. The van der Waals surface area contributed by atoms with Crippen LogP contribution in [-0.2, 0) is 17.5 Å². The Balaban J connectivity index is 2.45. The summed E-state index contributed by atoms with van der Waals surface area (Å²) in [4.78, 5) is 2.13. The van der Waals surface area contributed by atoms with Crippen molar-refractivity contribution in [3.05, 3.63) is 29.3 Å². The number of benzene rings is 1. The van der Waals surface area contributed by atoms with Crippen molar-refractivity contribution in [3.8, 4) is 5.75 Å². The predicted molar refractivity (Wildman–Crippen MR) is 77.3 cm³/mol. The highest BCUT2D eigenvalue weighted by molar-refractivity contribution is 7.79. The van der Waals surface area contributed by atoms with E-state index in [1.165, 1.54) is 0 Å². The second-order valence-corrected chi connectivity index (χ2v) is 5.87. The molecule has 0 aliphatic heterocycles. The lowest BCUT2D eigenvalue weighted by molar-refractivity contribution is 0.281. The van der Waals surface area contributed by atoms with Gasteiger partial charge in [-0.15, -0.1) is 0 Å². The molecule has 108 valence electrons. The maximum absolute atomic E-state index is 10.6. The summed E-state index contributed by atoms with van der Waals surface area (Å²) in [5, 5.41) is 0. The van der Waals surface area contributed by atoms with Crippen LogP contribution in [0, 0.1) is 6.92 Å². The molecule has 4 nitrogen and oxygen atoms in total. The molecular formula is C14H22NO3S-. The molecule has 0 radical (unpaired) electrons. The van der Waals surface area contributed by atoms with Crippen molar-refractivity contribution < 1.29 is 13.5 Å². The number of hydrogen-bond acceptors (Lipinski definition) is 4. The van der Waals surface area contributed by atoms with Crippen molar-refractivity contribution in [1.29, 1.82) is 0 Å². The summed E-state index contributed by atoms with van der Waals surface area (Å²) in [6.45, 7) is 3.68. The van der Waals surface area contributed by atoms with Crippen LogP contribution in [0.15, 0.2) is 18.2 Å². The van der Waals surface area contributed by atoms with Gasteiger partial charge in [0.1, 0.15) is 5.75 Å². The van der Waals surface area contributed by atoms with Gasteiger partial charge in [-0.3, -0.25) is 4.21 Å². The molecule has 0 N–H and O–H groups in total. The Hall–Kier alpha value is -0.910. The van der Waals surface area contributed by atoms with Crippen molar-refractivity contribution in [2.75, 3.05) is 33.0 Å². The summed E-state index contributed by atoms with van der Waals surface area (Å²) in [7, 11) is 4.08. The Kier molecular flexibility index (Phi) is 7.05. The molecule has 0 aromatic heterocycles. The normalized spacial score (nSPS) is 12.7. The lowest BCUT2D eigenvalue weighted by Crippen LogP contribution is -2.15. The van der Waals surface area contributed by atoms with Gasteiger partial charge in [-0.05, 0) is 57.1 Å². The van der Waals surface area contributed by atoms with Gasteiger partial charge in [0, 0.05) is 12.3 Å². The SMILES string of the molecule is Cc1cc(OCCCN(C)C)ccc1CCS(=O)[O-]. The lowest BCUT2D eigenvalue weighted by Gasteiger charge is -2.12. The maximum atomic E-state index is 10.6. The van der Waals surface area contributed by atoms with E-state index < -0.39 is 11.1 Å². The zero-order chi connectivity index (χ0) is 14.3. The molecule has 0 saturated carbocycles. The van der Waals surface area contributed by atoms with E-state index in [2.05, 4.69) is 4.90 Å². The van der Waals surface area contributed by atoms with Gasteiger partial charge in [0.2, 0.25) is 0 Å². The second kappa shape index (κ2) is 8.30. The van der Waals surface area contributed by atoms with E-state index in [-0.39, 0.29) is 5.75 Å². The first-order chi connectivity index (χ1) is 8.99. The van der Waals surface area contributed by atoms with Crippen LogP contribution in [0.25, 0.3) is 0 Å². The van der Waals surface area contributed by atoms with Crippen LogP contribution in [0.2, 0.25) is 0 Å². The summed E-state index contributed by atoms with van der Waals surface area (Å²) in [5.74, 6) is 1.02. The molecule has 0 spiro atoms. The average molecular weight is 284 g/mol. The zero-order valence-corrected chi connectivity index (χ0v) is 12.7. The first-order valence-electron chi connectivity index (χ1n) is 6.42. The van der Waals surface area contributed by atoms with Crippen LogP contribution in [0.4, 0.5) is 0 Å². The van der Waals surface area contributed by atoms with Gasteiger partial charge in [-0.2, -0.15) is 0 Å². The highest BCUT2D eigenvalue weighted by Gasteiger charge is 2.01. The van der Waals surface area contributed by atoms with Crippen LogP contribution in [-0.4, -0.2) is 46.7 Å². The topological polar surface area (TPSA) is 52.6 Å². The minimum absolute atomic E-state index is 0.171. The molecule has 0 fully saturated rings. The van der Waals surface area contributed by atoms with Crippen LogP contribution in [0.1, 0.15) is 17.5 Å². The summed E-state index contributed by atoms with van der Waals surface area (Å²) >= 11 is -1.98. The van der Waals surface area contributed by atoms with Gasteiger partial charge < -0.3 is 14.2 Å². The molecule has 0 aliphatic carbocycles. The summed E-state index contributed by atoms with van der Waals surface area (Å²) < 4.78 is 26.8. The van der Waals surface area contributed by atoms with E-state index >= 15 is 0 Å². The monoisotopic (exact) mass is 284 g/mol. The smallest absolute Gasteiger partial charge is 0.119 e. The van der Waals surface area contributed by atoms with Crippen LogP contribution in [0.5, 0.6) is 5.75 Å². The number of ether oxygens (including phenoxy) is 1. The zero-order valence-electron chi connectivity index (χ0n) is 11.8. The minimum atomic E-state index is -1.98. The quantitative estimate of drug-likeness (QED) is 0.539. The van der Waals surface area contributed by atoms with Gasteiger partial charge in [-0.25, -0.2) is 0 Å². The van der Waals surface area contributed by atoms with Crippen molar-refractivity contribution in [3.63, 3.8) is 0 Å². The minimum Gasteiger partial charge on any atom is -0.772 e. The third-order valence-electron chi connectivity index (χ3n) is 2.87. The number of aryl methyl sites for hydroxylation is 2. The third kappa shape index (κ3) is 6.71. The van der Waals surface area contributed by atoms with Crippen LogP contribution < -0.4 is 4.74 Å². The Bertz CT molecular complexity index is 421. The molecule has 0 heterocycles. The molecule has 1 aromatic rings. The largest absolute Gasteiger partial charge is 0.772 e. The van der Waals surface area contributed by atoms with Crippen molar-refractivity contribution >= 4 is 11.1 Å². The van der Waals surface area contributed by atoms with E-state index in [0.717, 1.165) is 29.8 Å². The van der Waals surface area contributed by atoms with E-state index in [1.54, 1.807) is 0 Å². The fourth-order valence-electron chi connectivity index (χ4n) is 1.80.